The first-order chi connectivity index (χ1) is 8.04. The molecule has 0 aromatic carbocycles. The zero-order chi connectivity index (χ0) is 14.1. The molecular formula is C14H30O3Si. The number of hydrogen-bond donors (Lipinski definition) is 1. The maximum absolute atomic E-state index is 9.84. The van der Waals surface area contributed by atoms with Crippen LogP contribution in [0.25, 0.3) is 0 Å². The fraction of sp³-hybridized carbons (Fsp3) is 1.00. The molecule has 1 aliphatic heterocycles. The zero-order valence-corrected chi connectivity index (χ0v) is 14.0. The topological polar surface area (TPSA) is 38.7 Å². The van der Waals surface area contributed by atoms with Gasteiger partial charge in [-0.05, 0) is 37.4 Å². The summed E-state index contributed by atoms with van der Waals surface area (Å²) in [5.74, 6) is 0.509. The van der Waals surface area contributed by atoms with Crippen LogP contribution < -0.4 is 0 Å². The van der Waals surface area contributed by atoms with Crippen LogP contribution in [-0.4, -0.2) is 38.3 Å². The molecule has 1 aliphatic rings. The van der Waals surface area contributed by atoms with Crippen LogP contribution in [0.4, 0.5) is 0 Å². The van der Waals surface area contributed by atoms with Gasteiger partial charge in [-0.3, -0.25) is 0 Å². The first-order valence-corrected chi connectivity index (χ1v) is 9.93. The minimum absolute atomic E-state index is 0.0367. The highest BCUT2D eigenvalue weighted by Crippen LogP contribution is 2.39. The van der Waals surface area contributed by atoms with Gasteiger partial charge in [0.15, 0.2) is 8.32 Å². The van der Waals surface area contributed by atoms with Crippen LogP contribution in [-0.2, 0) is 9.16 Å². The summed E-state index contributed by atoms with van der Waals surface area (Å²) in [5.41, 5.74) is 0. The summed E-state index contributed by atoms with van der Waals surface area (Å²) in [6.07, 6.45) is 0.388. The highest BCUT2D eigenvalue weighted by Gasteiger charge is 2.43. The molecule has 18 heavy (non-hydrogen) atoms. The van der Waals surface area contributed by atoms with Gasteiger partial charge in [-0.2, -0.15) is 0 Å². The normalized spacial score (nSPS) is 32.3. The minimum Gasteiger partial charge on any atom is -0.411 e. The van der Waals surface area contributed by atoms with Crippen molar-refractivity contribution in [3.63, 3.8) is 0 Å². The van der Waals surface area contributed by atoms with Crippen molar-refractivity contribution in [3.05, 3.63) is 0 Å². The number of aliphatic hydroxyl groups excluding tert-OH is 1. The van der Waals surface area contributed by atoms with E-state index in [1.165, 1.54) is 0 Å². The lowest BCUT2D eigenvalue weighted by Gasteiger charge is -2.44. The van der Waals surface area contributed by atoms with Crippen LogP contribution in [0.15, 0.2) is 0 Å². The van der Waals surface area contributed by atoms with Gasteiger partial charge in [0.1, 0.15) is 6.10 Å². The largest absolute Gasteiger partial charge is 0.411 e. The molecule has 0 aliphatic carbocycles. The molecule has 1 unspecified atom stereocenters. The van der Waals surface area contributed by atoms with Gasteiger partial charge in [-0.1, -0.05) is 27.7 Å². The Bertz CT molecular complexity index is 271. The summed E-state index contributed by atoms with van der Waals surface area (Å²) >= 11 is 0. The Kier molecular flexibility index (Phi) is 5.04. The van der Waals surface area contributed by atoms with Gasteiger partial charge in [0.25, 0.3) is 0 Å². The Morgan fingerprint density at radius 2 is 1.89 bits per heavy atom. The van der Waals surface area contributed by atoms with E-state index >= 15 is 0 Å². The second kappa shape index (κ2) is 5.61. The van der Waals surface area contributed by atoms with E-state index in [0.29, 0.717) is 5.92 Å². The van der Waals surface area contributed by atoms with Crippen molar-refractivity contribution in [2.24, 2.45) is 5.92 Å². The molecule has 1 heterocycles. The SMILES string of the molecule is CC(O)[C@@H]1OC[C@@H](C)C[C@H]1O[Si](C)(C)C(C)(C)C. The minimum atomic E-state index is -1.80. The lowest BCUT2D eigenvalue weighted by Crippen LogP contribution is -2.52. The molecule has 0 aromatic heterocycles. The van der Waals surface area contributed by atoms with E-state index in [4.69, 9.17) is 9.16 Å². The molecule has 0 amide bonds. The molecule has 4 heteroatoms. The standard InChI is InChI=1S/C14H30O3Si/c1-10-8-12(13(11(2)15)16-9-10)17-18(6,7)14(3,4)5/h10-13,15H,8-9H2,1-7H3/t10-,11?,12+,13-/m0/s1. The van der Waals surface area contributed by atoms with E-state index in [0.717, 1.165) is 13.0 Å². The number of aliphatic hydroxyl groups is 1. The van der Waals surface area contributed by atoms with Crippen LogP contribution >= 0.6 is 0 Å². The molecule has 4 atom stereocenters. The third-order valence-electron chi connectivity index (χ3n) is 4.30. The van der Waals surface area contributed by atoms with Crippen LogP contribution in [0.1, 0.15) is 41.0 Å². The van der Waals surface area contributed by atoms with Crippen LogP contribution in [0.5, 0.6) is 0 Å². The molecule has 0 aromatic rings. The maximum Gasteiger partial charge on any atom is 0.192 e. The molecule has 1 fully saturated rings. The molecule has 0 spiro atoms. The lowest BCUT2D eigenvalue weighted by molar-refractivity contribution is -0.132. The quantitative estimate of drug-likeness (QED) is 0.803. The van der Waals surface area contributed by atoms with E-state index in [1.807, 2.05) is 0 Å². The van der Waals surface area contributed by atoms with Crippen LogP contribution in [0.2, 0.25) is 18.1 Å². The summed E-state index contributed by atoms with van der Waals surface area (Å²) in [6, 6.07) is 0. The predicted molar refractivity (Wildman–Crippen MR) is 77.3 cm³/mol. The number of ether oxygens (including phenoxy) is 1. The van der Waals surface area contributed by atoms with Crippen molar-refractivity contribution in [2.45, 2.75) is 77.5 Å². The number of rotatable bonds is 3. The Labute approximate surface area is 113 Å². The average Bonchev–Trinajstić information content (AvgIpc) is 2.14. The van der Waals surface area contributed by atoms with Gasteiger partial charge in [0, 0.05) is 6.61 Å². The Hall–Kier alpha value is 0.0969. The third kappa shape index (κ3) is 3.79. The predicted octanol–water partition coefficient (Wildman–Crippen LogP) is 3.18. The second-order valence-corrected chi connectivity index (χ2v) is 12.1. The summed E-state index contributed by atoms with van der Waals surface area (Å²) in [5, 5.41) is 10.0. The van der Waals surface area contributed by atoms with Crippen molar-refractivity contribution in [1.29, 1.82) is 0 Å². The highest BCUT2D eigenvalue weighted by atomic mass is 28.4. The smallest absolute Gasteiger partial charge is 0.192 e. The van der Waals surface area contributed by atoms with Crippen molar-refractivity contribution < 1.29 is 14.3 Å². The molecule has 1 saturated heterocycles. The van der Waals surface area contributed by atoms with Gasteiger partial charge < -0.3 is 14.3 Å². The molecule has 108 valence electrons. The highest BCUT2D eigenvalue weighted by molar-refractivity contribution is 6.74. The summed E-state index contributed by atoms with van der Waals surface area (Å²) in [4.78, 5) is 0. The van der Waals surface area contributed by atoms with E-state index in [-0.39, 0.29) is 17.2 Å². The van der Waals surface area contributed by atoms with E-state index in [2.05, 4.69) is 40.8 Å². The fourth-order valence-electron chi connectivity index (χ4n) is 2.10. The van der Waals surface area contributed by atoms with Gasteiger partial charge in [-0.25, -0.2) is 0 Å². The fourth-order valence-corrected chi connectivity index (χ4v) is 3.44. The van der Waals surface area contributed by atoms with E-state index in [9.17, 15) is 5.11 Å². The van der Waals surface area contributed by atoms with Gasteiger partial charge in [0.2, 0.25) is 0 Å². The van der Waals surface area contributed by atoms with Crippen molar-refractivity contribution in [1.82, 2.24) is 0 Å². The summed E-state index contributed by atoms with van der Waals surface area (Å²) in [7, 11) is -1.80. The van der Waals surface area contributed by atoms with Crippen molar-refractivity contribution >= 4 is 8.32 Å². The van der Waals surface area contributed by atoms with Crippen LogP contribution in [0.3, 0.4) is 0 Å². The van der Waals surface area contributed by atoms with Crippen molar-refractivity contribution in [2.75, 3.05) is 6.61 Å². The molecule has 0 saturated carbocycles. The maximum atomic E-state index is 9.84. The Morgan fingerprint density at radius 3 is 2.33 bits per heavy atom. The molecule has 1 rings (SSSR count). The summed E-state index contributed by atoms with van der Waals surface area (Å²) in [6.45, 7) is 15.9. The molecule has 1 N–H and O–H groups in total. The molecule has 3 nitrogen and oxygen atoms in total. The second-order valence-electron chi connectivity index (χ2n) is 7.30. The number of hydrogen-bond acceptors (Lipinski definition) is 3. The zero-order valence-electron chi connectivity index (χ0n) is 13.0. The molecular weight excluding hydrogens is 244 g/mol. The van der Waals surface area contributed by atoms with Crippen LogP contribution in [0, 0.1) is 5.92 Å². The Morgan fingerprint density at radius 1 is 1.33 bits per heavy atom. The summed E-state index contributed by atoms with van der Waals surface area (Å²) < 4.78 is 12.2. The monoisotopic (exact) mass is 274 g/mol. The van der Waals surface area contributed by atoms with Crippen molar-refractivity contribution in [3.8, 4) is 0 Å². The van der Waals surface area contributed by atoms with E-state index < -0.39 is 14.4 Å². The third-order valence-corrected chi connectivity index (χ3v) is 8.81. The lowest BCUT2D eigenvalue weighted by atomic mass is 9.95. The first-order valence-electron chi connectivity index (χ1n) is 7.02. The Balaban J connectivity index is 2.78. The molecule has 0 radical (unpaired) electrons. The molecule has 0 bridgehead atoms. The van der Waals surface area contributed by atoms with Gasteiger partial charge >= 0.3 is 0 Å². The van der Waals surface area contributed by atoms with Gasteiger partial charge in [0.05, 0.1) is 12.2 Å². The van der Waals surface area contributed by atoms with Gasteiger partial charge in [-0.15, -0.1) is 0 Å². The average molecular weight is 274 g/mol. The first kappa shape index (κ1) is 16.2. The van der Waals surface area contributed by atoms with E-state index in [1.54, 1.807) is 6.92 Å².